The highest BCUT2D eigenvalue weighted by atomic mass is 19.1. The lowest BCUT2D eigenvalue weighted by molar-refractivity contribution is 0.594. The van der Waals surface area contributed by atoms with Gasteiger partial charge >= 0.3 is 0 Å². The predicted octanol–water partition coefficient (Wildman–Crippen LogP) is 5.08. The molecule has 0 saturated heterocycles. The minimum absolute atomic E-state index is 0.198. The summed E-state index contributed by atoms with van der Waals surface area (Å²) in [5.41, 5.74) is 2.85. The van der Waals surface area contributed by atoms with Gasteiger partial charge in [0.1, 0.15) is 11.6 Å². The van der Waals surface area contributed by atoms with E-state index in [-0.39, 0.29) is 5.69 Å². The molecule has 0 aliphatic heterocycles. The number of nitrogens with one attached hydrogen (secondary N) is 1. The third kappa shape index (κ3) is 4.28. The Labute approximate surface area is 125 Å². The second-order valence-corrected chi connectivity index (χ2v) is 5.85. The Kier molecular flexibility index (Phi) is 4.94. The van der Waals surface area contributed by atoms with E-state index in [2.05, 4.69) is 31.3 Å². The van der Waals surface area contributed by atoms with Crippen LogP contribution in [-0.2, 0) is 13.0 Å². The molecule has 0 amide bonds. The Morgan fingerprint density at radius 2 is 1.57 bits per heavy atom. The van der Waals surface area contributed by atoms with Crippen molar-refractivity contribution in [1.29, 1.82) is 0 Å². The standard InChI is InChI=1S/C18H21F2N/c1-12(2)8-14-4-6-15(7-5-14)11-21-18-10-16(19)13(3)9-17(18)20/h4-7,9-10,12,21H,8,11H2,1-3H3. The van der Waals surface area contributed by atoms with Crippen LogP contribution in [-0.4, -0.2) is 0 Å². The van der Waals surface area contributed by atoms with Crippen LogP contribution in [0.2, 0.25) is 0 Å². The zero-order valence-electron chi connectivity index (χ0n) is 12.7. The lowest BCUT2D eigenvalue weighted by atomic mass is 10.0. The smallest absolute Gasteiger partial charge is 0.146 e. The maximum absolute atomic E-state index is 13.7. The molecule has 2 rings (SSSR count). The van der Waals surface area contributed by atoms with Crippen molar-refractivity contribution in [3.63, 3.8) is 0 Å². The van der Waals surface area contributed by atoms with Gasteiger partial charge in [0.2, 0.25) is 0 Å². The Morgan fingerprint density at radius 3 is 2.19 bits per heavy atom. The molecule has 1 N–H and O–H groups in total. The normalized spacial score (nSPS) is 11.0. The first-order chi connectivity index (χ1) is 9.95. The van der Waals surface area contributed by atoms with Crippen LogP contribution in [0.1, 0.15) is 30.5 Å². The third-order valence-corrected chi connectivity index (χ3v) is 3.40. The highest BCUT2D eigenvalue weighted by molar-refractivity contribution is 5.47. The molecule has 0 aliphatic carbocycles. The van der Waals surface area contributed by atoms with E-state index in [1.54, 1.807) is 6.92 Å². The summed E-state index contributed by atoms with van der Waals surface area (Å²) in [6.45, 7) is 6.39. The summed E-state index contributed by atoms with van der Waals surface area (Å²) >= 11 is 0. The number of anilines is 1. The molecule has 0 atom stereocenters. The van der Waals surface area contributed by atoms with Crippen LogP contribution in [0, 0.1) is 24.5 Å². The number of benzene rings is 2. The second kappa shape index (κ2) is 6.70. The SMILES string of the molecule is Cc1cc(F)c(NCc2ccc(CC(C)C)cc2)cc1F. The van der Waals surface area contributed by atoms with E-state index in [4.69, 9.17) is 0 Å². The van der Waals surface area contributed by atoms with Gasteiger partial charge in [-0.25, -0.2) is 8.78 Å². The Morgan fingerprint density at radius 1 is 0.952 bits per heavy atom. The van der Waals surface area contributed by atoms with Crippen LogP contribution in [0.25, 0.3) is 0 Å². The maximum Gasteiger partial charge on any atom is 0.146 e. The van der Waals surface area contributed by atoms with Gasteiger partial charge in [0, 0.05) is 12.6 Å². The van der Waals surface area contributed by atoms with Gasteiger partial charge in [-0.3, -0.25) is 0 Å². The van der Waals surface area contributed by atoms with Crippen LogP contribution in [0.15, 0.2) is 36.4 Å². The first kappa shape index (κ1) is 15.5. The first-order valence-corrected chi connectivity index (χ1v) is 7.23. The monoisotopic (exact) mass is 289 g/mol. The molecule has 0 aromatic heterocycles. The zero-order valence-corrected chi connectivity index (χ0v) is 12.7. The highest BCUT2D eigenvalue weighted by Crippen LogP contribution is 2.20. The topological polar surface area (TPSA) is 12.0 Å². The van der Waals surface area contributed by atoms with E-state index >= 15 is 0 Å². The molecule has 2 aromatic rings. The molecule has 21 heavy (non-hydrogen) atoms. The Balaban J connectivity index is 2.01. The molecule has 0 heterocycles. The van der Waals surface area contributed by atoms with E-state index in [1.165, 1.54) is 17.7 Å². The average Bonchev–Trinajstić information content (AvgIpc) is 2.42. The van der Waals surface area contributed by atoms with E-state index < -0.39 is 11.6 Å². The molecule has 0 spiro atoms. The Bertz CT molecular complexity index is 603. The van der Waals surface area contributed by atoms with Crippen molar-refractivity contribution in [3.05, 3.63) is 64.7 Å². The first-order valence-electron chi connectivity index (χ1n) is 7.23. The van der Waals surface area contributed by atoms with Crippen LogP contribution in [0.5, 0.6) is 0 Å². The molecular weight excluding hydrogens is 268 g/mol. The lowest BCUT2D eigenvalue weighted by Gasteiger charge is -2.10. The van der Waals surface area contributed by atoms with Gasteiger partial charge in [-0.1, -0.05) is 38.1 Å². The molecule has 0 fully saturated rings. The quantitative estimate of drug-likeness (QED) is 0.809. The molecule has 3 heteroatoms. The van der Waals surface area contributed by atoms with Crippen LogP contribution in [0.4, 0.5) is 14.5 Å². The summed E-state index contributed by atoms with van der Waals surface area (Å²) in [5.74, 6) is -0.199. The summed E-state index contributed by atoms with van der Waals surface area (Å²) < 4.78 is 27.2. The maximum atomic E-state index is 13.7. The van der Waals surface area contributed by atoms with Gasteiger partial charge in [0.05, 0.1) is 5.69 Å². The molecule has 2 aromatic carbocycles. The van der Waals surface area contributed by atoms with Crippen molar-refractivity contribution in [1.82, 2.24) is 0 Å². The highest BCUT2D eigenvalue weighted by Gasteiger charge is 2.07. The summed E-state index contributed by atoms with van der Waals surface area (Å²) in [6, 6.07) is 10.6. The number of rotatable bonds is 5. The number of aryl methyl sites for hydroxylation is 1. The molecule has 0 saturated carbocycles. The zero-order chi connectivity index (χ0) is 15.4. The largest absolute Gasteiger partial charge is 0.379 e. The molecule has 112 valence electrons. The van der Waals surface area contributed by atoms with Crippen molar-refractivity contribution in [2.45, 2.75) is 33.7 Å². The van der Waals surface area contributed by atoms with Crippen molar-refractivity contribution in [2.75, 3.05) is 5.32 Å². The predicted molar refractivity (Wildman–Crippen MR) is 83.4 cm³/mol. The fourth-order valence-electron chi connectivity index (χ4n) is 2.24. The van der Waals surface area contributed by atoms with E-state index in [0.29, 0.717) is 18.0 Å². The van der Waals surface area contributed by atoms with E-state index in [1.807, 2.05) is 12.1 Å². The molecule has 0 bridgehead atoms. The lowest BCUT2D eigenvalue weighted by Crippen LogP contribution is -2.03. The van der Waals surface area contributed by atoms with Gasteiger partial charge in [-0.2, -0.15) is 0 Å². The van der Waals surface area contributed by atoms with Crippen molar-refractivity contribution < 1.29 is 8.78 Å². The van der Waals surface area contributed by atoms with Crippen molar-refractivity contribution in [2.24, 2.45) is 5.92 Å². The second-order valence-electron chi connectivity index (χ2n) is 5.85. The average molecular weight is 289 g/mol. The summed E-state index contributed by atoms with van der Waals surface area (Å²) in [4.78, 5) is 0. The van der Waals surface area contributed by atoms with Gasteiger partial charge in [-0.05, 0) is 42.0 Å². The number of hydrogen-bond donors (Lipinski definition) is 1. The fourth-order valence-corrected chi connectivity index (χ4v) is 2.24. The van der Waals surface area contributed by atoms with Crippen molar-refractivity contribution >= 4 is 5.69 Å². The minimum Gasteiger partial charge on any atom is -0.379 e. The van der Waals surface area contributed by atoms with Crippen LogP contribution < -0.4 is 5.32 Å². The van der Waals surface area contributed by atoms with Crippen molar-refractivity contribution in [3.8, 4) is 0 Å². The van der Waals surface area contributed by atoms with Gasteiger partial charge in [-0.15, -0.1) is 0 Å². The van der Waals surface area contributed by atoms with E-state index in [9.17, 15) is 8.78 Å². The van der Waals surface area contributed by atoms with E-state index in [0.717, 1.165) is 12.0 Å². The van der Waals surface area contributed by atoms with Gasteiger partial charge in [0.15, 0.2) is 0 Å². The van der Waals surface area contributed by atoms with Crippen LogP contribution >= 0.6 is 0 Å². The minimum atomic E-state index is -0.426. The molecular formula is C18H21F2N. The fraction of sp³-hybridized carbons (Fsp3) is 0.333. The molecule has 1 nitrogen and oxygen atoms in total. The van der Waals surface area contributed by atoms with Gasteiger partial charge in [0.25, 0.3) is 0 Å². The number of hydrogen-bond acceptors (Lipinski definition) is 1. The summed E-state index contributed by atoms with van der Waals surface area (Å²) in [5, 5.41) is 2.94. The van der Waals surface area contributed by atoms with Crippen LogP contribution in [0.3, 0.4) is 0 Å². The Hall–Kier alpha value is -1.90. The molecule has 0 radical (unpaired) electrons. The molecule has 0 unspecified atom stereocenters. The third-order valence-electron chi connectivity index (χ3n) is 3.40. The van der Waals surface area contributed by atoms with Gasteiger partial charge < -0.3 is 5.32 Å². The molecule has 0 aliphatic rings. The number of halogens is 2. The summed E-state index contributed by atoms with van der Waals surface area (Å²) in [7, 11) is 0. The summed E-state index contributed by atoms with van der Waals surface area (Å²) in [6.07, 6.45) is 1.05.